The zero-order valence-corrected chi connectivity index (χ0v) is 11.3. The Morgan fingerprint density at radius 3 is 2.89 bits per heavy atom. The van der Waals surface area contributed by atoms with Crippen molar-refractivity contribution in [3.63, 3.8) is 0 Å². The lowest BCUT2D eigenvalue weighted by atomic mass is 9.85. The van der Waals surface area contributed by atoms with Gasteiger partial charge in [-0.3, -0.25) is 4.79 Å². The maximum Gasteiger partial charge on any atom is 0.227 e. The Balaban J connectivity index is 2.15. The molecule has 0 unspecified atom stereocenters. The smallest absolute Gasteiger partial charge is 0.227 e. The average molecular weight is 278 g/mol. The van der Waals surface area contributed by atoms with E-state index in [9.17, 15) is 4.79 Å². The van der Waals surface area contributed by atoms with E-state index in [1.165, 1.54) is 0 Å². The van der Waals surface area contributed by atoms with Gasteiger partial charge in [0, 0.05) is 22.9 Å². The van der Waals surface area contributed by atoms with Crippen molar-refractivity contribution in [1.29, 1.82) is 0 Å². The Bertz CT molecular complexity index is 527. The third kappa shape index (κ3) is 3.73. The number of carbonyl (C=O) groups excluding carboxylic acids is 1. The maximum atomic E-state index is 11.9. The molecule has 4 heteroatoms. The van der Waals surface area contributed by atoms with Crippen molar-refractivity contribution < 1.29 is 9.90 Å². The van der Waals surface area contributed by atoms with Crippen LogP contribution in [0.3, 0.4) is 0 Å². The van der Waals surface area contributed by atoms with Crippen molar-refractivity contribution in [2.75, 3.05) is 11.9 Å². The van der Waals surface area contributed by atoms with Gasteiger partial charge < -0.3 is 10.4 Å². The van der Waals surface area contributed by atoms with Crippen molar-refractivity contribution in [2.24, 2.45) is 5.92 Å². The highest BCUT2D eigenvalue weighted by atomic mass is 35.5. The van der Waals surface area contributed by atoms with Gasteiger partial charge in [0.25, 0.3) is 0 Å². The SMILES string of the molecule is O=C(Nc1cc(Cl)ccc1C#CCCO)C1CCC1. The molecular formula is C15H16ClNO2. The molecule has 0 bridgehead atoms. The molecule has 19 heavy (non-hydrogen) atoms. The van der Waals surface area contributed by atoms with Crippen LogP contribution < -0.4 is 5.32 Å². The van der Waals surface area contributed by atoms with Crippen molar-refractivity contribution in [2.45, 2.75) is 25.7 Å². The largest absolute Gasteiger partial charge is 0.395 e. The predicted molar refractivity (Wildman–Crippen MR) is 76.0 cm³/mol. The number of hydrogen-bond donors (Lipinski definition) is 2. The van der Waals surface area contributed by atoms with Crippen molar-refractivity contribution in [3.05, 3.63) is 28.8 Å². The minimum atomic E-state index is 0.0321. The monoisotopic (exact) mass is 277 g/mol. The lowest BCUT2D eigenvalue weighted by Gasteiger charge is -2.24. The molecule has 1 aliphatic carbocycles. The van der Waals surface area contributed by atoms with Gasteiger partial charge >= 0.3 is 0 Å². The van der Waals surface area contributed by atoms with Crippen LogP contribution in [0.25, 0.3) is 0 Å². The quantitative estimate of drug-likeness (QED) is 0.835. The Morgan fingerprint density at radius 2 is 2.26 bits per heavy atom. The van der Waals surface area contributed by atoms with Crippen molar-refractivity contribution in [1.82, 2.24) is 0 Å². The standard InChI is InChI=1S/C15H16ClNO2/c16-13-8-7-11(4-1-2-9-18)14(10-13)17-15(19)12-5-3-6-12/h7-8,10,12,18H,2-3,5-6,9H2,(H,17,19). The zero-order valence-electron chi connectivity index (χ0n) is 10.6. The molecule has 100 valence electrons. The fraction of sp³-hybridized carbons (Fsp3) is 0.400. The third-order valence-corrected chi connectivity index (χ3v) is 3.41. The lowest BCUT2D eigenvalue weighted by molar-refractivity contribution is -0.122. The van der Waals surface area contributed by atoms with Gasteiger partial charge in [0.05, 0.1) is 12.3 Å². The van der Waals surface area contributed by atoms with E-state index in [0.717, 1.165) is 24.8 Å². The number of anilines is 1. The topological polar surface area (TPSA) is 49.3 Å². The molecule has 2 N–H and O–H groups in total. The van der Waals surface area contributed by atoms with E-state index >= 15 is 0 Å². The Hall–Kier alpha value is -1.50. The van der Waals surface area contributed by atoms with Crippen LogP contribution in [-0.2, 0) is 4.79 Å². The summed E-state index contributed by atoms with van der Waals surface area (Å²) in [7, 11) is 0. The van der Waals surface area contributed by atoms with E-state index < -0.39 is 0 Å². The van der Waals surface area contributed by atoms with Gasteiger partial charge in [0.2, 0.25) is 5.91 Å². The summed E-state index contributed by atoms with van der Waals surface area (Å²) in [5.74, 6) is 5.95. The minimum Gasteiger partial charge on any atom is -0.395 e. The number of aliphatic hydroxyl groups excluding tert-OH is 1. The lowest BCUT2D eigenvalue weighted by Crippen LogP contribution is -2.28. The highest BCUT2D eigenvalue weighted by molar-refractivity contribution is 6.31. The van der Waals surface area contributed by atoms with Crippen LogP contribution in [0.1, 0.15) is 31.2 Å². The highest BCUT2D eigenvalue weighted by Crippen LogP contribution is 2.28. The summed E-state index contributed by atoms with van der Waals surface area (Å²) in [5, 5.41) is 12.2. The Kier molecular flexibility index (Phi) is 4.84. The molecule has 0 heterocycles. The maximum absolute atomic E-state index is 11.9. The number of amides is 1. The predicted octanol–water partition coefficient (Wildman–Crippen LogP) is 2.81. The van der Waals surface area contributed by atoms with Crippen LogP contribution in [-0.4, -0.2) is 17.6 Å². The fourth-order valence-corrected chi connectivity index (χ4v) is 2.02. The number of hydrogen-bond acceptors (Lipinski definition) is 2. The first kappa shape index (κ1) is 13.9. The molecule has 0 atom stereocenters. The van der Waals surface area contributed by atoms with E-state index in [2.05, 4.69) is 17.2 Å². The molecule has 0 aromatic heterocycles. The molecule has 0 spiro atoms. The van der Waals surface area contributed by atoms with Crippen LogP contribution in [0, 0.1) is 17.8 Å². The van der Waals surface area contributed by atoms with Crippen LogP contribution >= 0.6 is 11.6 Å². The first-order chi connectivity index (χ1) is 9.20. The second-order valence-corrected chi connectivity index (χ2v) is 5.02. The molecular weight excluding hydrogens is 262 g/mol. The van der Waals surface area contributed by atoms with Crippen molar-refractivity contribution >= 4 is 23.2 Å². The molecule has 0 aliphatic heterocycles. The Labute approximate surface area is 118 Å². The van der Waals surface area contributed by atoms with Gasteiger partial charge in [-0.2, -0.15) is 0 Å². The number of benzene rings is 1. The molecule has 3 nitrogen and oxygen atoms in total. The van der Waals surface area contributed by atoms with Crippen LogP contribution in [0.15, 0.2) is 18.2 Å². The summed E-state index contributed by atoms with van der Waals surface area (Å²) in [6.07, 6.45) is 3.45. The third-order valence-electron chi connectivity index (χ3n) is 3.18. The first-order valence-electron chi connectivity index (χ1n) is 6.41. The van der Waals surface area contributed by atoms with E-state index in [-0.39, 0.29) is 18.4 Å². The summed E-state index contributed by atoms with van der Waals surface area (Å²) < 4.78 is 0. The molecule has 1 fully saturated rings. The first-order valence-corrected chi connectivity index (χ1v) is 6.78. The molecule has 1 aromatic rings. The molecule has 1 aromatic carbocycles. The van der Waals surface area contributed by atoms with E-state index in [1.54, 1.807) is 18.2 Å². The van der Waals surface area contributed by atoms with Gasteiger partial charge in [-0.25, -0.2) is 0 Å². The van der Waals surface area contributed by atoms with Gasteiger partial charge in [-0.05, 0) is 31.0 Å². The van der Waals surface area contributed by atoms with Crippen LogP contribution in [0.2, 0.25) is 5.02 Å². The number of carbonyl (C=O) groups is 1. The van der Waals surface area contributed by atoms with E-state index in [4.69, 9.17) is 16.7 Å². The number of rotatable bonds is 3. The molecule has 1 aliphatic rings. The number of nitrogens with one attached hydrogen (secondary N) is 1. The average Bonchev–Trinajstić information content (AvgIpc) is 2.30. The van der Waals surface area contributed by atoms with Gasteiger partial charge in [0.15, 0.2) is 0 Å². The summed E-state index contributed by atoms with van der Waals surface area (Å²) in [4.78, 5) is 11.9. The van der Waals surface area contributed by atoms with Crippen molar-refractivity contribution in [3.8, 4) is 11.8 Å². The summed E-state index contributed by atoms with van der Waals surface area (Å²) in [6.45, 7) is 0.0321. The van der Waals surface area contributed by atoms with Gasteiger partial charge in [-0.15, -0.1) is 0 Å². The minimum absolute atomic E-state index is 0.0321. The zero-order chi connectivity index (χ0) is 13.7. The second-order valence-electron chi connectivity index (χ2n) is 4.58. The van der Waals surface area contributed by atoms with E-state index in [1.807, 2.05) is 0 Å². The molecule has 1 saturated carbocycles. The second kappa shape index (κ2) is 6.60. The molecule has 0 saturated heterocycles. The normalized spacial score (nSPS) is 14.2. The molecule has 2 rings (SSSR count). The molecule has 1 amide bonds. The van der Waals surface area contributed by atoms with Gasteiger partial charge in [-0.1, -0.05) is 29.9 Å². The van der Waals surface area contributed by atoms with E-state index in [0.29, 0.717) is 17.1 Å². The van der Waals surface area contributed by atoms with Gasteiger partial charge in [0.1, 0.15) is 0 Å². The summed E-state index contributed by atoms with van der Waals surface area (Å²) in [6, 6.07) is 5.23. The Morgan fingerprint density at radius 1 is 1.47 bits per heavy atom. The molecule has 0 radical (unpaired) electrons. The highest BCUT2D eigenvalue weighted by Gasteiger charge is 2.25. The van der Waals surface area contributed by atoms with Crippen LogP contribution in [0.5, 0.6) is 0 Å². The summed E-state index contributed by atoms with van der Waals surface area (Å²) >= 11 is 5.95. The summed E-state index contributed by atoms with van der Waals surface area (Å²) in [5.41, 5.74) is 1.38. The fourth-order valence-electron chi connectivity index (χ4n) is 1.85. The number of halogens is 1. The van der Waals surface area contributed by atoms with Crippen LogP contribution in [0.4, 0.5) is 5.69 Å². The number of aliphatic hydroxyl groups is 1.